The summed E-state index contributed by atoms with van der Waals surface area (Å²) < 4.78 is 1.32. The summed E-state index contributed by atoms with van der Waals surface area (Å²) in [6, 6.07) is 19.1. The highest BCUT2D eigenvalue weighted by atomic mass is 32.1. The number of nitrogens with two attached hydrogens (primary N) is 1. The molecule has 3 aromatic rings. The molecule has 1 unspecified atom stereocenters. The summed E-state index contributed by atoms with van der Waals surface area (Å²) in [5.74, 6) is 0. The fourth-order valence-corrected chi connectivity index (χ4v) is 2.97. The predicted molar refractivity (Wildman–Crippen MR) is 78.9 cm³/mol. The SMILES string of the molecule is NC(Cc1ccccc1)c1ccc2sccc2c1. The molecule has 0 radical (unpaired) electrons. The molecule has 1 nitrogen and oxygen atoms in total. The van der Waals surface area contributed by atoms with Crippen molar-refractivity contribution in [2.75, 3.05) is 0 Å². The zero-order valence-corrected chi connectivity index (χ0v) is 10.9. The second-order valence-corrected chi connectivity index (χ2v) is 5.46. The molecule has 18 heavy (non-hydrogen) atoms. The molecule has 2 heteroatoms. The van der Waals surface area contributed by atoms with Gasteiger partial charge in [-0.1, -0.05) is 36.4 Å². The van der Waals surface area contributed by atoms with Gasteiger partial charge in [0.1, 0.15) is 0 Å². The molecule has 0 saturated heterocycles. The predicted octanol–water partition coefficient (Wildman–Crippen LogP) is 4.14. The zero-order chi connectivity index (χ0) is 12.4. The molecule has 0 saturated carbocycles. The Balaban J connectivity index is 1.85. The second-order valence-electron chi connectivity index (χ2n) is 4.51. The molecule has 1 aromatic heterocycles. The molecular weight excluding hydrogens is 238 g/mol. The summed E-state index contributed by atoms with van der Waals surface area (Å²) in [6.07, 6.45) is 0.885. The highest BCUT2D eigenvalue weighted by Crippen LogP contribution is 2.25. The van der Waals surface area contributed by atoms with Crippen LogP contribution in [0.1, 0.15) is 17.2 Å². The van der Waals surface area contributed by atoms with E-state index in [9.17, 15) is 0 Å². The Kier molecular flexibility index (Phi) is 3.13. The third-order valence-electron chi connectivity index (χ3n) is 3.20. The van der Waals surface area contributed by atoms with E-state index in [1.165, 1.54) is 21.2 Å². The third kappa shape index (κ3) is 2.30. The summed E-state index contributed by atoms with van der Waals surface area (Å²) in [7, 11) is 0. The van der Waals surface area contributed by atoms with Crippen LogP contribution in [0.15, 0.2) is 60.0 Å². The molecule has 1 heterocycles. The van der Waals surface area contributed by atoms with Gasteiger partial charge in [0, 0.05) is 10.7 Å². The van der Waals surface area contributed by atoms with Crippen LogP contribution in [0.2, 0.25) is 0 Å². The van der Waals surface area contributed by atoms with Gasteiger partial charge < -0.3 is 5.73 Å². The van der Waals surface area contributed by atoms with Gasteiger partial charge in [0.2, 0.25) is 0 Å². The molecule has 90 valence electrons. The molecule has 2 N–H and O–H groups in total. The summed E-state index contributed by atoms with van der Waals surface area (Å²) in [5, 5.41) is 3.41. The third-order valence-corrected chi connectivity index (χ3v) is 4.10. The van der Waals surface area contributed by atoms with Crippen LogP contribution in [0.3, 0.4) is 0 Å². The number of fused-ring (bicyclic) bond motifs is 1. The summed E-state index contributed by atoms with van der Waals surface area (Å²) >= 11 is 1.77. The van der Waals surface area contributed by atoms with Gasteiger partial charge >= 0.3 is 0 Å². The molecule has 2 aromatic carbocycles. The summed E-state index contributed by atoms with van der Waals surface area (Å²) in [4.78, 5) is 0. The van der Waals surface area contributed by atoms with Crippen LogP contribution < -0.4 is 5.73 Å². The van der Waals surface area contributed by atoms with E-state index in [1.807, 2.05) is 6.07 Å². The maximum atomic E-state index is 6.29. The van der Waals surface area contributed by atoms with Crippen LogP contribution in [-0.4, -0.2) is 0 Å². The maximum absolute atomic E-state index is 6.29. The van der Waals surface area contributed by atoms with Crippen LogP contribution >= 0.6 is 11.3 Å². The molecule has 0 bridgehead atoms. The largest absolute Gasteiger partial charge is 0.324 e. The van der Waals surface area contributed by atoms with E-state index < -0.39 is 0 Å². The fourth-order valence-electron chi connectivity index (χ4n) is 2.20. The van der Waals surface area contributed by atoms with E-state index in [1.54, 1.807) is 11.3 Å². The highest BCUT2D eigenvalue weighted by molar-refractivity contribution is 7.17. The van der Waals surface area contributed by atoms with Crippen molar-refractivity contribution in [2.45, 2.75) is 12.5 Å². The first kappa shape index (κ1) is 11.5. The Hall–Kier alpha value is -1.64. The average Bonchev–Trinajstić information content (AvgIpc) is 2.87. The number of thiophene rings is 1. The topological polar surface area (TPSA) is 26.0 Å². The van der Waals surface area contributed by atoms with Crippen molar-refractivity contribution >= 4 is 21.4 Å². The number of hydrogen-bond donors (Lipinski definition) is 1. The molecule has 0 aliphatic heterocycles. The smallest absolute Gasteiger partial charge is 0.0342 e. The van der Waals surface area contributed by atoms with Crippen LogP contribution in [0.25, 0.3) is 10.1 Å². The Bertz CT molecular complexity index is 642. The average molecular weight is 253 g/mol. The Morgan fingerprint density at radius 2 is 1.83 bits per heavy atom. The first-order chi connectivity index (χ1) is 8.83. The number of rotatable bonds is 3. The summed E-state index contributed by atoms with van der Waals surface area (Å²) in [5.41, 5.74) is 8.79. The van der Waals surface area contributed by atoms with E-state index in [4.69, 9.17) is 5.73 Å². The van der Waals surface area contributed by atoms with Crippen molar-refractivity contribution in [3.63, 3.8) is 0 Å². The lowest BCUT2D eigenvalue weighted by molar-refractivity contribution is 0.723. The summed E-state index contributed by atoms with van der Waals surface area (Å²) in [6.45, 7) is 0. The van der Waals surface area contributed by atoms with Crippen molar-refractivity contribution in [3.05, 3.63) is 71.1 Å². The van der Waals surface area contributed by atoms with E-state index in [0.717, 1.165) is 6.42 Å². The van der Waals surface area contributed by atoms with Gasteiger partial charge in [-0.2, -0.15) is 0 Å². The second kappa shape index (κ2) is 4.92. The minimum Gasteiger partial charge on any atom is -0.324 e. The normalized spacial score (nSPS) is 12.7. The van der Waals surface area contributed by atoms with Gasteiger partial charge in [-0.15, -0.1) is 11.3 Å². The van der Waals surface area contributed by atoms with E-state index >= 15 is 0 Å². The van der Waals surface area contributed by atoms with Crippen LogP contribution in [-0.2, 0) is 6.42 Å². The number of hydrogen-bond acceptors (Lipinski definition) is 2. The Labute approximate surface area is 111 Å². The molecule has 0 fully saturated rings. The molecular formula is C16H15NS. The van der Waals surface area contributed by atoms with E-state index in [0.29, 0.717) is 0 Å². The lowest BCUT2D eigenvalue weighted by Crippen LogP contribution is -2.13. The molecule has 0 aliphatic rings. The van der Waals surface area contributed by atoms with Crippen molar-refractivity contribution in [1.82, 2.24) is 0 Å². The first-order valence-electron chi connectivity index (χ1n) is 6.09. The minimum absolute atomic E-state index is 0.0664. The van der Waals surface area contributed by atoms with Crippen LogP contribution in [0, 0.1) is 0 Å². The van der Waals surface area contributed by atoms with Crippen molar-refractivity contribution in [1.29, 1.82) is 0 Å². The van der Waals surface area contributed by atoms with Gasteiger partial charge in [0.15, 0.2) is 0 Å². The van der Waals surface area contributed by atoms with Gasteiger partial charge in [0.05, 0.1) is 0 Å². The van der Waals surface area contributed by atoms with Crippen LogP contribution in [0.5, 0.6) is 0 Å². The molecule has 0 spiro atoms. The van der Waals surface area contributed by atoms with Crippen LogP contribution in [0.4, 0.5) is 0 Å². The maximum Gasteiger partial charge on any atom is 0.0342 e. The van der Waals surface area contributed by atoms with Gasteiger partial charge in [0.25, 0.3) is 0 Å². The zero-order valence-electron chi connectivity index (χ0n) is 10.0. The van der Waals surface area contributed by atoms with Crippen molar-refractivity contribution in [2.24, 2.45) is 5.73 Å². The Morgan fingerprint density at radius 3 is 2.67 bits per heavy atom. The van der Waals surface area contributed by atoms with Crippen molar-refractivity contribution in [3.8, 4) is 0 Å². The molecule has 0 aliphatic carbocycles. The van der Waals surface area contributed by atoms with Crippen molar-refractivity contribution < 1.29 is 0 Å². The van der Waals surface area contributed by atoms with E-state index in [-0.39, 0.29) is 6.04 Å². The number of benzene rings is 2. The first-order valence-corrected chi connectivity index (χ1v) is 6.97. The van der Waals surface area contributed by atoms with Gasteiger partial charge in [-0.25, -0.2) is 0 Å². The minimum atomic E-state index is 0.0664. The highest BCUT2D eigenvalue weighted by Gasteiger charge is 2.08. The Morgan fingerprint density at radius 1 is 1.00 bits per heavy atom. The lowest BCUT2D eigenvalue weighted by Gasteiger charge is -2.12. The fraction of sp³-hybridized carbons (Fsp3) is 0.125. The standard InChI is InChI=1S/C16H15NS/c17-15(10-12-4-2-1-3-5-12)13-6-7-16-14(11-13)8-9-18-16/h1-9,11,15H,10,17H2. The van der Waals surface area contributed by atoms with Gasteiger partial charge in [-0.3, -0.25) is 0 Å². The lowest BCUT2D eigenvalue weighted by atomic mass is 9.99. The van der Waals surface area contributed by atoms with Gasteiger partial charge in [-0.05, 0) is 46.5 Å². The molecule has 0 amide bonds. The van der Waals surface area contributed by atoms with E-state index in [2.05, 4.69) is 53.9 Å². The molecule has 3 rings (SSSR count). The molecule has 1 atom stereocenters. The monoisotopic (exact) mass is 253 g/mol. The quantitative estimate of drug-likeness (QED) is 0.745.